The molecule has 0 saturated carbocycles. The largest absolute Gasteiger partial charge is 0.398 e. The Morgan fingerprint density at radius 1 is 1.33 bits per heavy atom. The second-order valence-electron chi connectivity index (χ2n) is 6.48. The zero-order chi connectivity index (χ0) is 19.4. The molecule has 0 bridgehead atoms. The minimum atomic E-state index is 0.0609. The first-order valence-corrected chi connectivity index (χ1v) is 8.71. The first-order chi connectivity index (χ1) is 13.0. The summed E-state index contributed by atoms with van der Waals surface area (Å²) in [6.07, 6.45) is 5.60. The van der Waals surface area contributed by atoms with Crippen LogP contribution < -0.4 is 11.1 Å². The van der Waals surface area contributed by atoms with Crippen LogP contribution in [0.1, 0.15) is 30.8 Å². The third-order valence-corrected chi connectivity index (χ3v) is 3.91. The molecular formula is C19H23N7O. The summed E-state index contributed by atoms with van der Waals surface area (Å²) in [5.41, 5.74) is 9.08. The van der Waals surface area contributed by atoms with Gasteiger partial charge in [0.1, 0.15) is 5.71 Å². The van der Waals surface area contributed by atoms with Crippen molar-refractivity contribution in [2.75, 3.05) is 17.7 Å². The fourth-order valence-electron chi connectivity index (χ4n) is 2.66. The number of nitrogens with one attached hydrogen (secondary N) is 2. The maximum Gasteiger partial charge on any atom is 0.180 e. The Balaban J connectivity index is 1.91. The van der Waals surface area contributed by atoms with Crippen LogP contribution in [-0.4, -0.2) is 43.2 Å². The van der Waals surface area contributed by atoms with Crippen molar-refractivity contribution in [3.05, 3.63) is 59.8 Å². The van der Waals surface area contributed by atoms with Crippen molar-refractivity contribution in [3.8, 4) is 5.82 Å². The van der Waals surface area contributed by atoms with Gasteiger partial charge in [-0.05, 0) is 44.0 Å². The maximum absolute atomic E-state index is 9.04. The van der Waals surface area contributed by atoms with Crippen molar-refractivity contribution >= 4 is 17.1 Å². The van der Waals surface area contributed by atoms with Crippen molar-refractivity contribution in [1.82, 2.24) is 19.7 Å². The third-order valence-electron chi connectivity index (χ3n) is 3.91. The van der Waals surface area contributed by atoms with Crippen LogP contribution in [0.3, 0.4) is 0 Å². The second kappa shape index (κ2) is 7.96. The van der Waals surface area contributed by atoms with E-state index in [-0.39, 0.29) is 24.2 Å². The number of nitrogens with two attached hydrogens (primary N) is 1. The summed E-state index contributed by atoms with van der Waals surface area (Å²) in [6.45, 7) is 4.15. The molecule has 0 radical (unpaired) electrons. The van der Waals surface area contributed by atoms with Crippen LogP contribution in [0.2, 0.25) is 0 Å². The lowest BCUT2D eigenvalue weighted by molar-refractivity contribution is 0.299. The molecule has 0 unspecified atom stereocenters. The third kappa shape index (κ3) is 4.29. The van der Waals surface area contributed by atoms with Crippen molar-refractivity contribution < 1.29 is 5.11 Å². The standard InChI is InChI=1S/C19H23N7O/c1-12(2)24-14-3-4-16(20)15(9-14)18(21)19-22-7-5-17(25-19)26-11-13(6-8-27)10-23-26/h3-5,7,9-12,21,24,27H,6,8,20H2,1-2H3. The zero-order valence-corrected chi connectivity index (χ0v) is 15.3. The number of nitrogen functional groups attached to an aromatic ring is 1. The van der Waals surface area contributed by atoms with Gasteiger partial charge in [-0.25, -0.2) is 14.6 Å². The van der Waals surface area contributed by atoms with Gasteiger partial charge in [0.25, 0.3) is 0 Å². The molecule has 0 aliphatic carbocycles. The van der Waals surface area contributed by atoms with E-state index in [1.54, 1.807) is 35.4 Å². The number of rotatable bonds is 7. The quantitative estimate of drug-likeness (QED) is 0.375. The SMILES string of the molecule is CC(C)Nc1ccc(N)c(C(=N)c2nccc(-n3cc(CCO)cn3)n2)c1. The molecule has 0 saturated heterocycles. The van der Waals surface area contributed by atoms with Crippen molar-refractivity contribution in [2.24, 2.45) is 0 Å². The number of benzene rings is 1. The van der Waals surface area contributed by atoms with Gasteiger partial charge in [0.2, 0.25) is 0 Å². The van der Waals surface area contributed by atoms with Crippen LogP contribution in [-0.2, 0) is 6.42 Å². The molecule has 5 N–H and O–H groups in total. The predicted octanol–water partition coefficient (Wildman–Crippen LogP) is 2.02. The summed E-state index contributed by atoms with van der Waals surface area (Å²) in [7, 11) is 0. The summed E-state index contributed by atoms with van der Waals surface area (Å²) in [4.78, 5) is 8.67. The Morgan fingerprint density at radius 3 is 2.89 bits per heavy atom. The highest BCUT2D eigenvalue weighted by Gasteiger charge is 2.14. The molecule has 0 spiro atoms. The Morgan fingerprint density at radius 2 is 2.15 bits per heavy atom. The fraction of sp³-hybridized carbons (Fsp3) is 0.263. The van der Waals surface area contributed by atoms with Crippen LogP contribution in [0.15, 0.2) is 42.9 Å². The summed E-state index contributed by atoms with van der Waals surface area (Å²) >= 11 is 0. The number of aromatic nitrogens is 4. The van der Waals surface area contributed by atoms with E-state index in [1.165, 1.54) is 0 Å². The highest BCUT2D eigenvalue weighted by atomic mass is 16.2. The summed E-state index contributed by atoms with van der Waals surface area (Å²) < 4.78 is 1.60. The minimum Gasteiger partial charge on any atom is -0.398 e. The van der Waals surface area contributed by atoms with Crippen molar-refractivity contribution in [2.45, 2.75) is 26.3 Å². The molecule has 140 valence electrons. The van der Waals surface area contributed by atoms with E-state index in [1.807, 2.05) is 26.0 Å². The van der Waals surface area contributed by atoms with Gasteiger partial charge in [0.15, 0.2) is 11.6 Å². The number of hydrogen-bond acceptors (Lipinski definition) is 7. The highest BCUT2D eigenvalue weighted by Crippen LogP contribution is 2.21. The smallest absolute Gasteiger partial charge is 0.180 e. The van der Waals surface area contributed by atoms with E-state index >= 15 is 0 Å². The number of nitrogens with zero attached hydrogens (tertiary/aromatic N) is 4. The first kappa shape index (κ1) is 18.5. The molecule has 1 aromatic carbocycles. The number of hydrogen-bond donors (Lipinski definition) is 4. The number of aliphatic hydroxyl groups is 1. The first-order valence-electron chi connectivity index (χ1n) is 8.71. The number of aliphatic hydroxyl groups excluding tert-OH is 1. The summed E-state index contributed by atoms with van der Waals surface area (Å²) in [6, 6.07) is 7.47. The van der Waals surface area contributed by atoms with Gasteiger partial charge in [-0.1, -0.05) is 0 Å². The van der Waals surface area contributed by atoms with Gasteiger partial charge >= 0.3 is 0 Å². The molecule has 0 fully saturated rings. The average Bonchev–Trinajstić information content (AvgIpc) is 3.11. The van der Waals surface area contributed by atoms with Gasteiger partial charge in [0.05, 0.1) is 6.20 Å². The van der Waals surface area contributed by atoms with Crippen molar-refractivity contribution in [3.63, 3.8) is 0 Å². The average molecular weight is 365 g/mol. The lowest BCUT2D eigenvalue weighted by Crippen LogP contribution is -2.14. The van der Waals surface area contributed by atoms with Gasteiger partial charge < -0.3 is 16.2 Å². The van der Waals surface area contributed by atoms with Gasteiger partial charge in [-0.2, -0.15) is 5.10 Å². The molecule has 2 heterocycles. The van der Waals surface area contributed by atoms with E-state index in [0.717, 1.165) is 11.3 Å². The van der Waals surface area contributed by atoms with Gasteiger partial charge in [-0.3, -0.25) is 5.41 Å². The molecular weight excluding hydrogens is 342 g/mol. The molecule has 8 heteroatoms. The maximum atomic E-state index is 9.04. The molecule has 0 aliphatic heterocycles. The lowest BCUT2D eigenvalue weighted by Gasteiger charge is -2.13. The molecule has 0 aliphatic rings. The van der Waals surface area contributed by atoms with Crippen LogP contribution in [0.25, 0.3) is 5.82 Å². The van der Waals surface area contributed by atoms with Crippen LogP contribution in [0.5, 0.6) is 0 Å². The molecule has 3 rings (SSSR count). The molecule has 27 heavy (non-hydrogen) atoms. The lowest BCUT2D eigenvalue weighted by atomic mass is 10.1. The normalized spacial score (nSPS) is 11.0. The van der Waals surface area contributed by atoms with E-state index in [9.17, 15) is 0 Å². The fourth-order valence-corrected chi connectivity index (χ4v) is 2.66. The van der Waals surface area contributed by atoms with Crippen molar-refractivity contribution in [1.29, 1.82) is 5.41 Å². The molecule has 2 aromatic heterocycles. The monoisotopic (exact) mass is 365 g/mol. The van der Waals surface area contributed by atoms with Gasteiger partial charge in [0, 0.05) is 48.0 Å². The van der Waals surface area contributed by atoms with Crippen LogP contribution >= 0.6 is 0 Å². The predicted molar refractivity (Wildman–Crippen MR) is 105 cm³/mol. The minimum absolute atomic E-state index is 0.0609. The number of anilines is 2. The molecule has 0 atom stereocenters. The molecule has 0 amide bonds. The van der Waals surface area contributed by atoms with E-state index in [4.69, 9.17) is 16.2 Å². The molecule has 3 aromatic rings. The van der Waals surface area contributed by atoms with E-state index in [0.29, 0.717) is 23.5 Å². The summed E-state index contributed by atoms with van der Waals surface area (Å²) in [5.74, 6) is 0.809. The molecule has 8 nitrogen and oxygen atoms in total. The van der Waals surface area contributed by atoms with E-state index < -0.39 is 0 Å². The Kier molecular flexibility index (Phi) is 5.46. The van der Waals surface area contributed by atoms with Crippen LogP contribution in [0.4, 0.5) is 11.4 Å². The highest BCUT2D eigenvalue weighted by molar-refractivity contribution is 6.12. The Labute approximate surface area is 157 Å². The van der Waals surface area contributed by atoms with Crippen LogP contribution in [0, 0.1) is 5.41 Å². The van der Waals surface area contributed by atoms with E-state index in [2.05, 4.69) is 20.4 Å². The summed E-state index contributed by atoms with van der Waals surface area (Å²) in [5, 5.41) is 25.1. The van der Waals surface area contributed by atoms with Gasteiger partial charge in [-0.15, -0.1) is 0 Å². The Bertz CT molecular complexity index is 949. The second-order valence-corrected chi connectivity index (χ2v) is 6.48. The zero-order valence-electron chi connectivity index (χ0n) is 15.3. The topological polar surface area (TPSA) is 126 Å². The Hall–Kier alpha value is -3.26.